The van der Waals surface area contributed by atoms with E-state index in [9.17, 15) is 4.79 Å². The summed E-state index contributed by atoms with van der Waals surface area (Å²) in [5.74, 6) is 1.73. The number of amides is 1. The number of pyridine rings is 1. The van der Waals surface area contributed by atoms with E-state index < -0.39 is 0 Å². The average molecular weight is 363 g/mol. The number of nitrogens with zero attached hydrogens (tertiary/aromatic N) is 5. The van der Waals surface area contributed by atoms with Crippen molar-refractivity contribution >= 4 is 5.91 Å². The van der Waals surface area contributed by atoms with E-state index in [1.165, 1.54) is 6.26 Å². The Balaban J connectivity index is 1.24. The maximum Gasteiger partial charge on any atom is 0.276 e. The third-order valence-electron chi connectivity index (χ3n) is 4.37. The minimum Gasteiger partial charge on any atom is -0.461 e. The van der Waals surface area contributed by atoms with E-state index in [0.29, 0.717) is 36.3 Å². The van der Waals surface area contributed by atoms with Gasteiger partial charge in [-0.3, -0.25) is 9.78 Å². The number of furan rings is 1. The van der Waals surface area contributed by atoms with Crippen LogP contribution in [0.5, 0.6) is 0 Å². The molecule has 5 heterocycles. The Bertz CT molecular complexity index is 1060. The molecule has 0 bridgehead atoms. The number of carbonyl (C=O) groups is 1. The van der Waals surface area contributed by atoms with Crippen LogP contribution in [0, 0.1) is 0 Å². The Morgan fingerprint density at radius 3 is 2.81 bits per heavy atom. The Labute approximate surface area is 152 Å². The molecule has 0 saturated carbocycles. The molecule has 0 aromatic carbocycles. The average Bonchev–Trinajstić information content (AvgIpc) is 3.41. The predicted molar refractivity (Wildman–Crippen MR) is 90.4 cm³/mol. The van der Waals surface area contributed by atoms with Crippen molar-refractivity contribution < 1.29 is 18.3 Å². The van der Waals surface area contributed by atoms with Crippen molar-refractivity contribution in [3.8, 4) is 22.9 Å². The normalized spacial score (nSPS) is 14.3. The summed E-state index contributed by atoms with van der Waals surface area (Å²) >= 11 is 0. The van der Waals surface area contributed by atoms with Gasteiger partial charge in [-0.15, -0.1) is 0 Å². The number of hydrogen-bond donors (Lipinski definition) is 0. The van der Waals surface area contributed by atoms with Crippen molar-refractivity contribution in [3.05, 3.63) is 60.6 Å². The number of carbonyl (C=O) groups excluding carboxylic acids is 1. The largest absolute Gasteiger partial charge is 0.461 e. The molecule has 0 N–H and O–H groups in total. The van der Waals surface area contributed by atoms with Crippen LogP contribution >= 0.6 is 0 Å². The molecule has 0 unspecified atom stereocenters. The molecule has 1 saturated heterocycles. The molecule has 4 aromatic heterocycles. The fourth-order valence-corrected chi connectivity index (χ4v) is 2.89. The van der Waals surface area contributed by atoms with Gasteiger partial charge >= 0.3 is 0 Å². The zero-order chi connectivity index (χ0) is 18.2. The maximum atomic E-state index is 12.5. The highest BCUT2D eigenvalue weighted by Gasteiger charge is 2.37. The first-order valence-electron chi connectivity index (χ1n) is 8.32. The second kappa shape index (κ2) is 6.20. The molecule has 4 aromatic rings. The first kappa shape index (κ1) is 15.5. The van der Waals surface area contributed by atoms with Gasteiger partial charge in [-0.25, -0.2) is 0 Å². The predicted octanol–water partition coefficient (Wildman–Crippen LogP) is 2.62. The molecule has 0 aliphatic carbocycles. The highest BCUT2D eigenvalue weighted by atomic mass is 16.5. The van der Waals surface area contributed by atoms with E-state index >= 15 is 0 Å². The van der Waals surface area contributed by atoms with Crippen LogP contribution in [0.2, 0.25) is 0 Å². The van der Waals surface area contributed by atoms with E-state index in [1.54, 1.807) is 35.5 Å². The lowest BCUT2D eigenvalue weighted by atomic mass is 9.99. The third kappa shape index (κ3) is 2.78. The fourth-order valence-electron chi connectivity index (χ4n) is 2.89. The van der Waals surface area contributed by atoms with Crippen LogP contribution in [0.4, 0.5) is 0 Å². The first-order chi connectivity index (χ1) is 13.3. The summed E-state index contributed by atoms with van der Waals surface area (Å²) in [5, 5.41) is 7.81. The van der Waals surface area contributed by atoms with Crippen molar-refractivity contribution in [1.82, 2.24) is 25.2 Å². The van der Waals surface area contributed by atoms with Gasteiger partial charge < -0.3 is 18.4 Å². The molecule has 1 aliphatic rings. The molecule has 0 atom stereocenters. The lowest BCUT2D eigenvalue weighted by molar-refractivity contribution is 0.0558. The van der Waals surface area contributed by atoms with Gasteiger partial charge in [0.2, 0.25) is 17.5 Å². The summed E-state index contributed by atoms with van der Waals surface area (Å²) in [6.45, 7) is 0.965. The van der Waals surface area contributed by atoms with Gasteiger partial charge in [0.1, 0.15) is 0 Å². The van der Waals surface area contributed by atoms with Crippen LogP contribution in [0.3, 0.4) is 0 Å². The van der Waals surface area contributed by atoms with E-state index in [1.807, 2.05) is 12.1 Å². The van der Waals surface area contributed by atoms with Crippen molar-refractivity contribution in [1.29, 1.82) is 0 Å². The molecule has 9 heteroatoms. The molecule has 1 amide bonds. The van der Waals surface area contributed by atoms with Crippen LogP contribution in [0.25, 0.3) is 22.9 Å². The third-order valence-corrected chi connectivity index (χ3v) is 4.37. The molecule has 9 nitrogen and oxygen atoms in total. The van der Waals surface area contributed by atoms with Crippen molar-refractivity contribution in [2.45, 2.75) is 5.92 Å². The van der Waals surface area contributed by atoms with Crippen molar-refractivity contribution in [3.63, 3.8) is 0 Å². The van der Waals surface area contributed by atoms with Gasteiger partial charge in [-0.1, -0.05) is 10.3 Å². The minimum atomic E-state index is -0.209. The van der Waals surface area contributed by atoms with Gasteiger partial charge in [0.25, 0.3) is 5.91 Å². The van der Waals surface area contributed by atoms with Crippen LogP contribution in [-0.4, -0.2) is 44.2 Å². The summed E-state index contributed by atoms with van der Waals surface area (Å²) in [6, 6.07) is 8.72. The van der Waals surface area contributed by atoms with E-state index in [0.717, 1.165) is 5.56 Å². The quantitative estimate of drug-likeness (QED) is 0.544. The first-order valence-corrected chi connectivity index (χ1v) is 8.32. The molecular weight excluding hydrogens is 350 g/mol. The second-order valence-electron chi connectivity index (χ2n) is 6.16. The van der Waals surface area contributed by atoms with Gasteiger partial charge in [-0.05, 0) is 24.3 Å². The molecule has 5 rings (SSSR count). The molecule has 27 heavy (non-hydrogen) atoms. The summed E-state index contributed by atoms with van der Waals surface area (Å²) in [5.41, 5.74) is 1.02. The van der Waals surface area contributed by atoms with Crippen LogP contribution in [-0.2, 0) is 0 Å². The molecule has 1 fully saturated rings. The topological polar surface area (TPSA) is 111 Å². The fraction of sp³-hybridized carbons (Fsp3) is 0.167. The number of aromatic nitrogens is 4. The Morgan fingerprint density at radius 1 is 1.11 bits per heavy atom. The van der Waals surface area contributed by atoms with E-state index in [-0.39, 0.29) is 17.5 Å². The minimum absolute atomic E-state index is 0.00307. The van der Waals surface area contributed by atoms with E-state index in [4.69, 9.17) is 13.5 Å². The Kier molecular flexibility index (Phi) is 3.56. The van der Waals surface area contributed by atoms with Crippen molar-refractivity contribution in [2.24, 2.45) is 0 Å². The zero-order valence-electron chi connectivity index (χ0n) is 14.0. The summed E-state index contributed by atoms with van der Waals surface area (Å²) < 4.78 is 15.7. The smallest absolute Gasteiger partial charge is 0.276 e. The van der Waals surface area contributed by atoms with E-state index in [2.05, 4.69) is 20.3 Å². The van der Waals surface area contributed by atoms with Crippen LogP contribution in [0.1, 0.15) is 22.3 Å². The number of hydrogen-bond acceptors (Lipinski definition) is 8. The highest BCUT2D eigenvalue weighted by Crippen LogP contribution is 2.29. The van der Waals surface area contributed by atoms with Crippen molar-refractivity contribution in [2.75, 3.05) is 13.1 Å². The highest BCUT2D eigenvalue weighted by molar-refractivity contribution is 5.93. The summed E-state index contributed by atoms with van der Waals surface area (Å²) in [6.07, 6.45) is 4.89. The lowest BCUT2D eigenvalue weighted by Crippen LogP contribution is -2.48. The monoisotopic (exact) mass is 363 g/mol. The molecule has 1 aliphatic heterocycles. The van der Waals surface area contributed by atoms with Crippen LogP contribution < -0.4 is 0 Å². The molecule has 134 valence electrons. The van der Waals surface area contributed by atoms with Gasteiger partial charge in [0, 0.05) is 37.1 Å². The SMILES string of the molecule is O=C(c1cc(-c2ccco2)on1)N1CC(c2nc(-c3cccnc3)no2)C1. The Hall–Kier alpha value is -3.75. The van der Waals surface area contributed by atoms with Gasteiger partial charge in [0.05, 0.1) is 12.2 Å². The zero-order valence-corrected chi connectivity index (χ0v) is 14.0. The van der Waals surface area contributed by atoms with Gasteiger partial charge in [-0.2, -0.15) is 4.98 Å². The second-order valence-corrected chi connectivity index (χ2v) is 6.16. The number of rotatable bonds is 4. The van der Waals surface area contributed by atoms with Crippen LogP contribution in [0.15, 0.2) is 62.5 Å². The van der Waals surface area contributed by atoms with Gasteiger partial charge in [0.15, 0.2) is 11.5 Å². The summed E-state index contributed by atoms with van der Waals surface area (Å²) in [7, 11) is 0. The summed E-state index contributed by atoms with van der Waals surface area (Å²) in [4.78, 5) is 22.6. The lowest BCUT2D eigenvalue weighted by Gasteiger charge is -2.36. The molecular formula is C18H13N5O4. The molecule has 0 radical (unpaired) electrons. The molecule has 0 spiro atoms. The standard InChI is InChI=1S/C18H13N5O4/c24-18(13-7-15(26-21-13)14-4-2-6-25-14)23-9-12(10-23)17-20-16(22-27-17)11-3-1-5-19-8-11/h1-8,12H,9-10H2. The number of likely N-dealkylation sites (tertiary alicyclic amines) is 1. The maximum absolute atomic E-state index is 12.5. The Morgan fingerprint density at radius 2 is 2.04 bits per heavy atom.